The summed E-state index contributed by atoms with van der Waals surface area (Å²) < 4.78 is 4.91. The summed E-state index contributed by atoms with van der Waals surface area (Å²) in [6, 6.07) is 8.28. The molecule has 0 aliphatic carbocycles. The molecule has 0 aliphatic rings. The Hall–Kier alpha value is -1.51. The lowest BCUT2D eigenvalue weighted by Gasteiger charge is -2.16. The quantitative estimate of drug-likeness (QED) is 0.782. The van der Waals surface area contributed by atoms with Crippen LogP contribution in [0.1, 0.15) is 25.0 Å². The molecular formula is C13H19NO2. The smallest absolute Gasteiger partial charge is 0.409 e. The Balaban J connectivity index is 2.55. The van der Waals surface area contributed by atoms with Gasteiger partial charge in [0, 0.05) is 13.6 Å². The van der Waals surface area contributed by atoms with Crippen molar-refractivity contribution < 1.29 is 9.53 Å². The van der Waals surface area contributed by atoms with Crippen molar-refractivity contribution in [3.63, 3.8) is 0 Å². The molecule has 1 rings (SSSR count). The Labute approximate surface area is 97.0 Å². The highest BCUT2D eigenvalue weighted by Crippen LogP contribution is 2.07. The Kier molecular flexibility index (Phi) is 4.83. The van der Waals surface area contributed by atoms with Crippen molar-refractivity contribution >= 4 is 6.09 Å². The normalized spacial score (nSPS) is 9.94. The number of nitrogens with zero attached hydrogens (tertiary/aromatic N) is 1. The predicted octanol–water partition coefficient (Wildman–Crippen LogP) is 2.84. The zero-order valence-electron chi connectivity index (χ0n) is 10.2. The van der Waals surface area contributed by atoms with Gasteiger partial charge in [0.25, 0.3) is 0 Å². The van der Waals surface area contributed by atoms with Crippen molar-refractivity contribution in [2.24, 2.45) is 0 Å². The van der Waals surface area contributed by atoms with E-state index in [4.69, 9.17) is 4.74 Å². The second-order valence-corrected chi connectivity index (χ2v) is 3.73. The molecule has 0 atom stereocenters. The van der Waals surface area contributed by atoms with Crippen molar-refractivity contribution in [2.45, 2.75) is 26.8 Å². The molecule has 3 heteroatoms. The van der Waals surface area contributed by atoms with Gasteiger partial charge in [0.1, 0.15) is 0 Å². The molecule has 0 aliphatic heterocycles. The number of hydrogen-bond acceptors (Lipinski definition) is 2. The fourth-order valence-electron chi connectivity index (χ4n) is 1.45. The molecule has 0 saturated carbocycles. The topological polar surface area (TPSA) is 29.5 Å². The molecule has 1 amide bonds. The average molecular weight is 221 g/mol. The minimum atomic E-state index is -0.276. The van der Waals surface area contributed by atoms with Crippen LogP contribution in [0.25, 0.3) is 0 Å². The summed E-state index contributed by atoms with van der Waals surface area (Å²) >= 11 is 0. The Morgan fingerprint density at radius 3 is 2.25 bits per heavy atom. The number of rotatable bonds is 4. The molecule has 1 aromatic rings. The van der Waals surface area contributed by atoms with E-state index in [1.807, 2.05) is 6.92 Å². The largest absolute Gasteiger partial charge is 0.450 e. The summed E-state index contributed by atoms with van der Waals surface area (Å²) in [6.45, 7) is 4.93. The van der Waals surface area contributed by atoms with Gasteiger partial charge >= 0.3 is 6.09 Å². The van der Waals surface area contributed by atoms with Crippen LogP contribution in [0.3, 0.4) is 0 Å². The molecule has 0 unspecified atom stereocenters. The first-order valence-corrected chi connectivity index (χ1v) is 5.63. The monoisotopic (exact) mass is 221 g/mol. The first kappa shape index (κ1) is 12.6. The van der Waals surface area contributed by atoms with Gasteiger partial charge in [-0.1, -0.05) is 31.2 Å². The number of carbonyl (C=O) groups is 1. The fraction of sp³-hybridized carbons (Fsp3) is 0.462. The van der Waals surface area contributed by atoms with E-state index in [1.165, 1.54) is 5.56 Å². The number of hydrogen-bond donors (Lipinski definition) is 0. The molecule has 1 aromatic carbocycles. The third kappa shape index (κ3) is 3.57. The number of aryl methyl sites for hydroxylation is 1. The van der Waals surface area contributed by atoms with Gasteiger partial charge in [0.15, 0.2) is 0 Å². The van der Waals surface area contributed by atoms with Gasteiger partial charge < -0.3 is 9.64 Å². The van der Waals surface area contributed by atoms with Crippen LogP contribution in [-0.4, -0.2) is 24.6 Å². The maximum Gasteiger partial charge on any atom is 0.409 e. The zero-order chi connectivity index (χ0) is 12.0. The number of benzene rings is 1. The predicted molar refractivity (Wildman–Crippen MR) is 64.3 cm³/mol. The van der Waals surface area contributed by atoms with Gasteiger partial charge in [-0.2, -0.15) is 0 Å². The molecule has 88 valence electrons. The summed E-state index contributed by atoms with van der Waals surface area (Å²) in [4.78, 5) is 12.9. The third-order valence-corrected chi connectivity index (χ3v) is 2.43. The van der Waals surface area contributed by atoms with Crippen LogP contribution in [0.4, 0.5) is 4.79 Å². The Bertz CT molecular complexity index is 332. The molecule has 3 nitrogen and oxygen atoms in total. The number of ether oxygens (including phenoxy) is 1. The summed E-state index contributed by atoms with van der Waals surface area (Å²) in [6.07, 6.45) is 0.760. The van der Waals surface area contributed by atoms with Crippen LogP contribution >= 0.6 is 0 Å². The van der Waals surface area contributed by atoms with Crippen molar-refractivity contribution in [2.75, 3.05) is 13.7 Å². The molecule has 0 fully saturated rings. The maximum absolute atomic E-state index is 11.4. The van der Waals surface area contributed by atoms with Crippen molar-refractivity contribution in [3.8, 4) is 0 Å². The minimum absolute atomic E-state index is 0.276. The standard InChI is InChI=1S/C13H19NO2/c1-4-11-6-8-12(9-7-11)10-14(3)13(15)16-5-2/h6-9H,4-5,10H2,1-3H3. The Morgan fingerprint density at radius 1 is 1.19 bits per heavy atom. The van der Waals surface area contributed by atoms with Gasteiger partial charge in [-0.05, 0) is 24.5 Å². The van der Waals surface area contributed by atoms with Crippen LogP contribution in [0.2, 0.25) is 0 Å². The SMILES string of the molecule is CCOC(=O)N(C)Cc1ccc(CC)cc1. The molecule has 0 aromatic heterocycles. The molecule has 0 bridgehead atoms. The molecule has 0 saturated heterocycles. The van der Waals surface area contributed by atoms with Crippen LogP contribution in [0.5, 0.6) is 0 Å². The lowest BCUT2D eigenvalue weighted by Crippen LogP contribution is -2.26. The van der Waals surface area contributed by atoms with E-state index < -0.39 is 0 Å². The third-order valence-electron chi connectivity index (χ3n) is 2.43. The van der Waals surface area contributed by atoms with Gasteiger partial charge in [0.05, 0.1) is 6.61 Å². The lowest BCUT2D eigenvalue weighted by molar-refractivity contribution is 0.114. The van der Waals surface area contributed by atoms with Gasteiger partial charge in [-0.3, -0.25) is 0 Å². The van der Waals surface area contributed by atoms with E-state index in [0.717, 1.165) is 12.0 Å². The molecular weight excluding hydrogens is 202 g/mol. The zero-order valence-corrected chi connectivity index (χ0v) is 10.2. The van der Waals surface area contributed by atoms with Gasteiger partial charge in [0.2, 0.25) is 0 Å². The number of amides is 1. The van der Waals surface area contributed by atoms with Gasteiger partial charge in [-0.15, -0.1) is 0 Å². The molecule has 16 heavy (non-hydrogen) atoms. The summed E-state index contributed by atoms with van der Waals surface area (Å²) in [7, 11) is 1.74. The fourth-order valence-corrected chi connectivity index (χ4v) is 1.45. The average Bonchev–Trinajstić information content (AvgIpc) is 2.30. The van der Waals surface area contributed by atoms with E-state index in [9.17, 15) is 4.79 Å². The summed E-state index contributed by atoms with van der Waals surface area (Å²) in [5, 5.41) is 0. The van der Waals surface area contributed by atoms with Crippen molar-refractivity contribution in [1.29, 1.82) is 0 Å². The molecule has 0 radical (unpaired) electrons. The minimum Gasteiger partial charge on any atom is -0.450 e. The highest BCUT2D eigenvalue weighted by atomic mass is 16.5. The van der Waals surface area contributed by atoms with Crippen molar-refractivity contribution in [1.82, 2.24) is 4.90 Å². The van der Waals surface area contributed by atoms with Crippen LogP contribution in [0.15, 0.2) is 24.3 Å². The van der Waals surface area contributed by atoms with Crippen LogP contribution in [0, 0.1) is 0 Å². The molecule has 0 heterocycles. The van der Waals surface area contributed by atoms with Crippen molar-refractivity contribution in [3.05, 3.63) is 35.4 Å². The van der Waals surface area contributed by atoms with E-state index in [2.05, 4.69) is 31.2 Å². The first-order valence-electron chi connectivity index (χ1n) is 5.63. The number of carbonyl (C=O) groups excluding carboxylic acids is 1. The van der Waals surface area contributed by atoms with Gasteiger partial charge in [-0.25, -0.2) is 4.79 Å². The first-order chi connectivity index (χ1) is 7.67. The second-order valence-electron chi connectivity index (χ2n) is 3.73. The van der Waals surface area contributed by atoms with Crippen LogP contribution < -0.4 is 0 Å². The van der Waals surface area contributed by atoms with Crippen LogP contribution in [-0.2, 0) is 17.7 Å². The molecule has 0 N–H and O–H groups in total. The van der Waals surface area contributed by atoms with E-state index in [-0.39, 0.29) is 6.09 Å². The van der Waals surface area contributed by atoms with E-state index >= 15 is 0 Å². The second kappa shape index (κ2) is 6.16. The highest BCUT2D eigenvalue weighted by molar-refractivity contribution is 5.67. The van der Waals surface area contributed by atoms with E-state index in [0.29, 0.717) is 13.2 Å². The van der Waals surface area contributed by atoms with E-state index in [1.54, 1.807) is 11.9 Å². The Morgan fingerprint density at radius 2 is 1.75 bits per heavy atom. The lowest BCUT2D eigenvalue weighted by atomic mass is 10.1. The molecule has 0 spiro atoms. The highest BCUT2D eigenvalue weighted by Gasteiger charge is 2.08. The summed E-state index contributed by atoms with van der Waals surface area (Å²) in [5.41, 5.74) is 2.43. The maximum atomic E-state index is 11.4. The summed E-state index contributed by atoms with van der Waals surface area (Å²) in [5.74, 6) is 0.